The standard InChI is InChI=1S/C24H24N2O5/c1-3-4-13-21(22(27)25-15(2)23(28)29)26-24(30)31-14-20-18-11-7-5-9-16(18)17-10-6-8-12-19(17)20/h5-12,15,20-21H,13-14H2,1-2H3,(H,25,27)(H,26,30)(H,28,29)/t15-,21?/m1/s1. The lowest BCUT2D eigenvalue weighted by atomic mass is 9.98. The summed E-state index contributed by atoms with van der Waals surface area (Å²) in [5.41, 5.74) is 4.39. The molecular weight excluding hydrogens is 396 g/mol. The number of benzene rings is 2. The van der Waals surface area contributed by atoms with Crippen LogP contribution in [0.5, 0.6) is 0 Å². The molecule has 0 aromatic heterocycles. The summed E-state index contributed by atoms with van der Waals surface area (Å²) in [6, 6.07) is 13.9. The number of rotatable bonds is 7. The second-order valence-corrected chi connectivity index (χ2v) is 7.22. The van der Waals surface area contributed by atoms with Gasteiger partial charge in [0.25, 0.3) is 0 Å². The van der Waals surface area contributed by atoms with Crippen LogP contribution in [0.25, 0.3) is 11.1 Å². The molecular formula is C24H24N2O5. The average molecular weight is 420 g/mol. The lowest BCUT2D eigenvalue weighted by Gasteiger charge is -2.19. The van der Waals surface area contributed by atoms with Crippen LogP contribution >= 0.6 is 0 Å². The number of ether oxygens (including phenoxy) is 1. The van der Waals surface area contributed by atoms with Gasteiger partial charge in [-0.25, -0.2) is 4.79 Å². The summed E-state index contributed by atoms with van der Waals surface area (Å²) in [6.45, 7) is 3.07. The van der Waals surface area contributed by atoms with Gasteiger partial charge in [-0.3, -0.25) is 9.59 Å². The molecule has 3 rings (SSSR count). The Kier molecular flexibility index (Phi) is 6.93. The smallest absolute Gasteiger partial charge is 0.407 e. The molecule has 0 radical (unpaired) electrons. The van der Waals surface area contributed by atoms with Crippen LogP contribution in [0.1, 0.15) is 37.3 Å². The first-order chi connectivity index (χ1) is 14.9. The zero-order valence-electron chi connectivity index (χ0n) is 17.3. The Morgan fingerprint density at radius 3 is 2.16 bits per heavy atom. The van der Waals surface area contributed by atoms with Gasteiger partial charge in [0.05, 0.1) is 0 Å². The molecule has 0 saturated heterocycles. The predicted molar refractivity (Wildman–Crippen MR) is 115 cm³/mol. The van der Waals surface area contributed by atoms with E-state index < -0.39 is 30.1 Å². The monoisotopic (exact) mass is 420 g/mol. The van der Waals surface area contributed by atoms with E-state index in [9.17, 15) is 14.4 Å². The van der Waals surface area contributed by atoms with Gasteiger partial charge in [0.1, 0.15) is 18.7 Å². The van der Waals surface area contributed by atoms with Gasteiger partial charge in [-0.2, -0.15) is 0 Å². The molecule has 2 atom stereocenters. The molecule has 1 unspecified atom stereocenters. The van der Waals surface area contributed by atoms with Crippen molar-refractivity contribution < 1.29 is 24.2 Å². The minimum atomic E-state index is -1.17. The van der Waals surface area contributed by atoms with Crippen LogP contribution < -0.4 is 10.6 Å². The fraction of sp³-hybridized carbons (Fsp3) is 0.292. The maximum Gasteiger partial charge on any atom is 0.407 e. The molecule has 2 aromatic rings. The van der Waals surface area contributed by atoms with Crippen molar-refractivity contribution in [3.63, 3.8) is 0 Å². The van der Waals surface area contributed by atoms with Crippen LogP contribution in [0.4, 0.5) is 4.79 Å². The molecule has 1 aliphatic carbocycles. The number of amides is 2. The Balaban J connectivity index is 1.67. The number of alkyl carbamates (subject to hydrolysis) is 1. The number of hydrogen-bond acceptors (Lipinski definition) is 4. The maximum absolute atomic E-state index is 12.4. The van der Waals surface area contributed by atoms with Crippen molar-refractivity contribution in [2.24, 2.45) is 0 Å². The van der Waals surface area contributed by atoms with Crippen molar-refractivity contribution in [3.8, 4) is 23.0 Å². The highest BCUT2D eigenvalue weighted by atomic mass is 16.5. The lowest BCUT2D eigenvalue weighted by molar-refractivity contribution is -0.141. The number of carboxylic acid groups (broad SMARTS) is 1. The maximum atomic E-state index is 12.4. The molecule has 160 valence electrons. The summed E-state index contributed by atoms with van der Waals surface area (Å²) in [6.07, 6.45) is -0.721. The SMILES string of the molecule is CC#CCC(NC(=O)OCC1c2ccccc2-c2ccccc21)C(=O)N[C@H](C)C(=O)O. The first-order valence-electron chi connectivity index (χ1n) is 9.96. The Morgan fingerprint density at radius 2 is 1.61 bits per heavy atom. The van der Waals surface area contributed by atoms with Gasteiger partial charge in [-0.15, -0.1) is 11.8 Å². The predicted octanol–water partition coefficient (Wildman–Crippen LogP) is 2.90. The molecule has 0 aliphatic heterocycles. The first kappa shape index (κ1) is 21.9. The van der Waals surface area contributed by atoms with Crippen molar-refractivity contribution in [1.29, 1.82) is 0 Å². The minimum Gasteiger partial charge on any atom is -0.480 e. The first-order valence-corrected chi connectivity index (χ1v) is 9.96. The number of carboxylic acids is 1. The van der Waals surface area contributed by atoms with E-state index in [4.69, 9.17) is 9.84 Å². The summed E-state index contributed by atoms with van der Waals surface area (Å²) in [7, 11) is 0. The lowest BCUT2D eigenvalue weighted by Crippen LogP contribution is -2.50. The molecule has 7 heteroatoms. The van der Waals surface area contributed by atoms with Gasteiger partial charge in [0, 0.05) is 12.3 Å². The summed E-state index contributed by atoms with van der Waals surface area (Å²) in [5, 5.41) is 13.8. The van der Waals surface area contributed by atoms with Crippen molar-refractivity contribution in [1.82, 2.24) is 10.6 Å². The molecule has 0 spiro atoms. The highest BCUT2D eigenvalue weighted by molar-refractivity contribution is 5.89. The van der Waals surface area contributed by atoms with Gasteiger partial charge in [0.15, 0.2) is 0 Å². The zero-order valence-corrected chi connectivity index (χ0v) is 17.3. The van der Waals surface area contributed by atoms with E-state index in [-0.39, 0.29) is 18.9 Å². The third-order valence-corrected chi connectivity index (χ3v) is 5.16. The number of nitrogens with one attached hydrogen (secondary N) is 2. The average Bonchev–Trinajstić information content (AvgIpc) is 3.08. The van der Waals surface area contributed by atoms with Crippen molar-refractivity contribution in [2.75, 3.05) is 6.61 Å². The molecule has 7 nitrogen and oxygen atoms in total. The number of fused-ring (bicyclic) bond motifs is 3. The molecule has 2 amide bonds. The fourth-order valence-corrected chi connectivity index (χ4v) is 3.57. The fourth-order valence-electron chi connectivity index (χ4n) is 3.57. The Morgan fingerprint density at radius 1 is 1.03 bits per heavy atom. The molecule has 3 N–H and O–H groups in total. The second kappa shape index (κ2) is 9.81. The van der Waals surface area contributed by atoms with Crippen LogP contribution in [0.15, 0.2) is 48.5 Å². The van der Waals surface area contributed by atoms with Gasteiger partial charge in [0.2, 0.25) is 5.91 Å². The largest absolute Gasteiger partial charge is 0.480 e. The van der Waals surface area contributed by atoms with Crippen molar-refractivity contribution in [3.05, 3.63) is 59.7 Å². The topological polar surface area (TPSA) is 105 Å². The molecule has 0 saturated carbocycles. The quantitative estimate of drug-likeness (QED) is 0.598. The molecule has 1 aliphatic rings. The summed E-state index contributed by atoms with van der Waals surface area (Å²) < 4.78 is 5.46. The van der Waals surface area contributed by atoms with Crippen LogP contribution in [0.3, 0.4) is 0 Å². The zero-order chi connectivity index (χ0) is 22.4. The molecule has 0 fully saturated rings. The van der Waals surface area contributed by atoms with E-state index in [0.29, 0.717) is 0 Å². The summed E-state index contributed by atoms with van der Waals surface area (Å²) >= 11 is 0. The Hall–Kier alpha value is -3.79. The van der Waals surface area contributed by atoms with Gasteiger partial charge in [-0.05, 0) is 36.1 Å². The van der Waals surface area contributed by atoms with Crippen molar-refractivity contribution in [2.45, 2.75) is 38.3 Å². The van der Waals surface area contributed by atoms with E-state index >= 15 is 0 Å². The summed E-state index contributed by atoms with van der Waals surface area (Å²) in [4.78, 5) is 35.8. The molecule has 31 heavy (non-hydrogen) atoms. The normalized spacial score (nSPS) is 13.6. The Bertz CT molecular complexity index is 1010. The minimum absolute atomic E-state index is 0.0405. The summed E-state index contributed by atoms with van der Waals surface area (Å²) in [5.74, 6) is 3.49. The van der Waals surface area contributed by atoms with E-state index in [1.807, 2.05) is 48.5 Å². The number of carbonyl (C=O) groups is 3. The third-order valence-electron chi connectivity index (χ3n) is 5.16. The van der Waals surface area contributed by atoms with E-state index in [2.05, 4.69) is 22.5 Å². The third kappa shape index (κ3) is 5.04. The highest BCUT2D eigenvalue weighted by Crippen LogP contribution is 2.44. The van der Waals surface area contributed by atoms with Gasteiger partial charge < -0.3 is 20.5 Å². The number of aliphatic carboxylic acids is 1. The van der Waals surface area contributed by atoms with Crippen LogP contribution in [0, 0.1) is 11.8 Å². The Labute approximate surface area is 180 Å². The second-order valence-electron chi connectivity index (χ2n) is 7.22. The highest BCUT2D eigenvalue weighted by Gasteiger charge is 2.30. The number of hydrogen-bond donors (Lipinski definition) is 3. The van der Waals surface area contributed by atoms with Crippen LogP contribution in [-0.2, 0) is 14.3 Å². The van der Waals surface area contributed by atoms with E-state index in [1.54, 1.807) is 6.92 Å². The van der Waals surface area contributed by atoms with E-state index in [0.717, 1.165) is 22.3 Å². The molecule has 0 heterocycles. The molecule has 2 aromatic carbocycles. The number of carbonyl (C=O) groups excluding carboxylic acids is 2. The van der Waals surface area contributed by atoms with Crippen molar-refractivity contribution >= 4 is 18.0 Å². The van der Waals surface area contributed by atoms with Gasteiger partial charge >= 0.3 is 12.1 Å². The molecule has 0 bridgehead atoms. The van der Waals surface area contributed by atoms with Crippen LogP contribution in [0.2, 0.25) is 0 Å². The van der Waals surface area contributed by atoms with Crippen LogP contribution in [-0.4, -0.2) is 41.8 Å². The van der Waals surface area contributed by atoms with E-state index in [1.165, 1.54) is 6.92 Å². The van der Waals surface area contributed by atoms with Gasteiger partial charge in [-0.1, -0.05) is 48.5 Å².